The smallest absolute Gasteiger partial charge is 0.356 e. The Bertz CT molecular complexity index is 544. The molecule has 0 saturated carbocycles. The number of guanidine groups is 1. The number of halogens is 3. The maximum absolute atomic E-state index is 12.7. The summed E-state index contributed by atoms with van der Waals surface area (Å²) in [5.41, 5.74) is 0.0551. The van der Waals surface area contributed by atoms with Gasteiger partial charge in [0.25, 0.3) is 0 Å². The van der Waals surface area contributed by atoms with Crippen molar-refractivity contribution in [2.75, 3.05) is 20.1 Å². The predicted molar refractivity (Wildman–Crippen MR) is 82.7 cm³/mol. The van der Waals surface area contributed by atoms with Gasteiger partial charge in [0.05, 0.1) is 12.1 Å². The summed E-state index contributed by atoms with van der Waals surface area (Å²) in [5, 5.41) is 5.99. The largest absolute Gasteiger partial charge is 0.416 e. The summed E-state index contributed by atoms with van der Waals surface area (Å²) in [6.45, 7) is 2.85. The van der Waals surface area contributed by atoms with Crippen LogP contribution in [0.5, 0.6) is 0 Å². The molecule has 0 aliphatic heterocycles. The Morgan fingerprint density at radius 2 is 2.09 bits per heavy atom. The zero-order chi connectivity index (χ0) is 16.6. The van der Waals surface area contributed by atoms with Crippen LogP contribution in [-0.4, -0.2) is 26.1 Å². The average Bonchev–Trinajstić information content (AvgIpc) is 2.49. The normalized spacial score (nSPS) is 13.4. The number of hydrogen-bond acceptors (Lipinski definition) is 1. The first-order valence-electron chi connectivity index (χ1n) is 6.93. The minimum absolute atomic E-state index is 0.000500. The van der Waals surface area contributed by atoms with Crippen LogP contribution >= 0.6 is 0 Å². The summed E-state index contributed by atoms with van der Waals surface area (Å²) in [5.74, 6) is 3.02. The fraction of sp³-hybridized carbons (Fsp3) is 0.438. The lowest BCUT2D eigenvalue weighted by atomic mass is 9.96. The zero-order valence-corrected chi connectivity index (χ0v) is 12.7. The summed E-state index contributed by atoms with van der Waals surface area (Å²) >= 11 is 0. The lowest BCUT2D eigenvalue weighted by molar-refractivity contribution is -0.137. The molecule has 1 unspecified atom stereocenters. The molecule has 0 heterocycles. The highest BCUT2D eigenvalue weighted by Gasteiger charge is 2.30. The van der Waals surface area contributed by atoms with Crippen LogP contribution in [-0.2, 0) is 6.18 Å². The molecule has 22 heavy (non-hydrogen) atoms. The van der Waals surface area contributed by atoms with Gasteiger partial charge >= 0.3 is 6.18 Å². The molecule has 0 aliphatic carbocycles. The minimum atomic E-state index is -4.31. The third-order valence-electron chi connectivity index (χ3n) is 3.23. The van der Waals surface area contributed by atoms with Crippen molar-refractivity contribution in [3.8, 4) is 12.3 Å². The van der Waals surface area contributed by atoms with Crippen molar-refractivity contribution >= 4 is 5.96 Å². The molecule has 0 aromatic heterocycles. The highest BCUT2D eigenvalue weighted by atomic mass is 19.4. The number of alkyl halides is 3. The Kier molecular flexibility index (Phi) is 6.77. The molecule has 0 fully saturated rings. The van der Waals surface area contributed by atoms with Gasteiger partial charge in [0.1, 0.15) is 0 Å². The summed E-state index contributed by atoms with van der Waals surface area (Å²) in [6, 6.07) is 5.44. The van der Waals surface area contributed by atoms with Crippen molar-refractivity contribution in [3.05, 3.63) is 35.4 Å². The molecule has 0 amide bonds. The van der Waals surface area contributed by atoms with Crippen LogP contribution in [0.25, 0.3) is 0 Å². The lowest BCUT2D eigenvalue weighted by Crippen LogP contribution is -2.38. The van der Waals surface area contributed by atoms with Crippen LogP contribution in [0.15, 0.2) is 29.3 Å². The number of terminal acetylenes is 1. The van der Waals surface area contributed by atoms with Crippen LogP contribution in [0.1, 0.15) is 30.4 Å². The second kappa shape index (κ2) is 8.32. The van der Waals surface area contributed by atoms with Crippen LogP contribution < -0.4 is 10.6 Å². The van der Waals surface area contributed by atoms with E-state index in [0.717, 1.165) is 6.07 Å². The van der Waals surface area contributed by atoms with Crippen molar-refractivity contribution in [1.82, 2.24) is 10.6 Å². The molecule has 3 nitrogen and oxygen atoms in total. The van der Waals surface area contributed by atoms with Crippen LogP contribution in [0.2, 0.25) is 0 Å². The quantitative estimate of drug-likeness (QED) is 0.498. The molecule has 6 heteroatoms. The Balaban J connectivity index is 2.56. The monoisotopic (exact) mass is 311 g/mol. The summed E-state index contributed by atoms with van der Waals surface area (Å²) < 4.78 is 38.1. The second-order valence-electron chi connectivity index (χ2n) is 4.87. The molecule has 120 valence electrons. The van der Waals surface area contributed by atoms with E-state index < -0.39 is 11.7 Å². The second-order valence-corrected chi connectivity index (χ2v) is 4.87. The molecule has 0 bridgehead atoms. The van der Waals surface area contributed by atoms with E-state index in [1.54, 1.807) is 13.1 Å². The van der Waals surface area contributed by atoms with Crippen molar-refractivity contribution in [1.29, 1.82) is 0 Å². The Morgan fingerprint density at radius 1 is 1.36 bits per heavy atom. The third-order valence-corrected chi connectivity index (χ3v) is 3.23. The number of hydrogen-bond donors (Lipinski definition) is 2. The Morgan fingerprint density at radius 3 is 2.68 bits per heavy atom. The molecular weight excluding hydrogens is 291 g/mol. The standard InChI is InChI=1S/C16H20F3N3/c1-4-9-21-15(20-3)22-10-8-12(2)13-6-5-7-14(11-13)16(17,18)19/h1,5-7,11-12H,8-10H2,2-3H3,(H2,20,21,22). The van der Waals surface area contributed by atoms with Crippen molar-refractivity contribution in [2.24, 2.45) is 4.99 Å². The third kappa shape index (κ3) is 5.68. The van der Waals surface area contributed by atoms with Gasteiger partial charge in [-0.25, -0.2) is 0 Å². The maximum Gasteiger partial charge on any atom is 0.416 e. The minimum Gasteiger partial charge on any atom is -0.356 e. The van der Waals surface area contributed by atoms with Crippen LogP contribution in [0, 0.1) is 12.3 Å². The van der Waals surface area contributed by atoms with E-state index in [9.17, 15) is 13.2 Å². The highest BCUT2D eigenvalue weighted by Crippen LogP contribution is 2.31. The molecule has 0 spiro atoms. The molecule has 1 rings (SSSR count). The van der Waals surface area contributed by atoms with E-state index in [-0.39, 0.29) is 5.92 Å². The Hall–Kier alpha value is -2.16. The molecule has 1 aromatic carbocycles. The van der Waals surface area contributed by atoms with Gasteiger partial charge in [0.2, 0.25) is 0 Å². The fourth-order valence-corrected chi connectivity index (χ4v) is 1.95. The number of nitrogens with one attached hydrogen (secondary N) is 2. The topological polar surface area (TPSA) is 36.4 Å². The van der Waals surface area contributed by atoms with Gasteiger partial charge < -0.3 is 10.6 Å². The fourth-order valence-electron chi connectivity index (χ4n) is 1.95. The van der Waals surface area contributed by atoms with Gasteiger partial charge in [0, 0.05) is 13.6 Å². The lowest BCUT2D eigenvalue weighted by Gasteiger charge is -2.16. The van der Waals surface area contributed by atoms with E-state index in [0.29, 0.717) is 31.0 Å². The molecule has 1 atom stereocenters. The molecule has 2 N–H and O–H groups in total. The number of nitrogens with zero attached hydrogens (tertiary/aromatic N) is 1. The van der Waals surface area contributed by atoms with E-state index in [1.807, 2.05) is 6.92 Å². The first kappa shape index (κ1) is 17.9. The van der Waals surface area contributed by atoms with Gasteiger partial charge in [-0.1, -0.05) is 31.0 Å². The molecule has 0 radical (unpaired) electrons. The zero-order valence-electron chi connectivity index (χ0n) is 12.7. The molecule has 0 saturated heterocycles. The number of aliphatic imine (C=N–C) groups is 1. The van der Waals surface area contributed by atoms with Crippen LogP contribution in [0.3, 0.4) is 0 Å². The first-order valence-corrected chi connectivity index (χ1v) is 6.93. The van der Waals surface area contributed by atoms with Gasteiger partial charge in [-0.05, 0) is 24.0 Å². The van der Waals surface area contributed by atoms with Gasteiger partial charge in [-0.15, -0.1) is 6.42 Å². The van der Waals surface area contributed by atoms with E-state index in [1.165, 1.54) is 12.1 Å². The summed E-state index contributed by atoms with van der Waals surface area (Å²) in [4.78, 5) is 3.99. The number of rotatable bonds is 5. The highest BCUT2D eigenvalue weighted by molar-refractivity contribution is 5.79. The van der Waals surface area contributed by atoms with Crippen LogP contribution in [0.4, 0.5) is 13.2 Å². The molecule has 1 aromatic rings. The van der Waals surface area contributed by atoms with Crippen molar-refractivity contribution < 1.29 is 13.2 Å². The summed E-state index contributed by atoms with van der Waals surface area (Å²) in [7, 11) is 1.63. The van der Waals surface area contributed by atoms with Gasteiger partial charge in [0.15, 0.2) is 5.96 Å². The van der Waals surface area contributed by atoms with Crippen molar-refractivity contribution in [2.45, 2.75) is 25.4 Å². The van der Waals surface area contributed by atoms with Gasteiger partial charge in [-0.3, -0.25) is 4.99 Å². The van der Waals surface area contributed by atoms with Gasteiger partial charge in [-0.2, -0.15) is 13.2 Å². The van der Waals surface area contributed by atoms with E-state index in [2.05, 4.69) is 21.5 Å². The molecular formula is C16H20F3N3. The SMILES string of the molecule is C#CCNC(=NC)NCCC(C)c1cccc(C(F)(F)F)c1. The van der Waals surface area contributed by atoms with E-state index >= 15 is 0 Å². The maximum atomic E-state index is 12.7. The van der Waals surface area contributed by atoms with E-state index in [4.69, 9.17) is 6.42 Å². The van der Waals surface area contributed by atoms with Crippen molar-refractivity contribution in [3.63, 3.8) is 0 Å². The predicted octanol–water partition coefficient (Wildman–Crippen LogP) is 3.00. The number of benzene rings is 1. The summed E-state index contributed by atoms with van der Waals surface area (Å²) in [6.07, 6.45) is 1.51. The average molecular weight is 311 g/mol. The Labute approximate surface area is 129 Å². The first-order chi connectivity index (χ1) is 10.4. The molecule has 0 aliphatic rings.